The lowest BCUT2D eigenvalue weighted by atomic mass is 9.86. The molecule has 2 nitrogen and oxygen atoms in total. The van der Waals surface area contributed by atoms with E-state index in [0.29, 0.717) is 5.56 Å². The maximum atomic E-state index is 13.2. The highest BCUT2D eigenvalue weighted by Crippen LogP contribution is 2.26. The van der Waals surface area contributed by atoms with Crippen LogP contribution in [0.3, 0.4) is 0 Å². The molecule has 0 saturated carbocycles. The predicted molar refractivity (Wildman–Crippen MR) is 73.7 cm³/mol. The van der Waals surface area contributed by atoms with Crippen molar-refractivity contribution in [3.63, 3.8) is 0 Å². The van der Waals surface area contributed by atoms with Gasteiger partial charge in [-0.25, -0.2) is 8.78 Å². The molecule has 1 unspecified atom stereocenters. The summed E-state index contributed by atoms with van der Waals surface area (Å²) < 4.78 is 26.3. The van der Waals surface area contributed by atoms with Gasteiger partial charge >= 0.3 is 0 Å². The zero-order valence-electron chi connectivity index (χ0n) is 11.7. The molecule has 2 rings (SSSR count). The van der Waals surface area contributed by atoms with E-state index in [9.17, 15) is 8.78 Å². The van der Waals surface area contributed by atoms with E-state index < -0.39 is 12.5 Å². The van der Waals surface area contributed by atoms with Gasteiger partial charge < -0.3 is 5.32 Å². The van der Waals surface area contributed by atoms with Crippen molar-refractivity contribution in [3.05, 3.63) is 35.4 Å². The lowest BCUT2D eigenvalue weighted by molar-refractivity contribution is 0.0868. The van der Waals surface area contributed by atoms with Crippen LogP contribution in [0.1, 0.15) is 37.9 Å². The van der Waals surface area contributed by atoms with Gasteiger partial charge in [-0.15, -0.1) is 0 Å². The van der Waals surface area contributed by atoms with E-state index in [-0.39, 0.29) is 11.5 Å². The molecule has 1 fully saturated rings. The molecule has 0 bridgehead atoms. The fourth-order valence-electron chi connectivity index (χ4n) is 2.17. The Labute approximate surface area is 113 Å². The van der Waals surface area contributed by atoms with E-state index in [2.05, 4.69) is 31.4 Å². The maximum absolute atomic E-state index is 13.2. The van der Waals surface area contributed by atoms with Crippen LogP contribution in [-0.4, -0.2) is 25.6 Å². The number of benzene rings is 1. The fourth-order valence-corrected chi connectivity index (χ4v) is 2.17. The standard InChI is InChI=1S/C15H22F2N2/c1-15(2,3)11-6-4-10(5-7-11)13(14(16)17)19-12-8-18-9-12/h4-7,12-14,18-19H,8-9H2,1-3H3. The zero-order chi connectivity index (χ0) is 14.0. The summed E-state index contributed by atoms with van der Waals surface area (Å²) in [5.41, 5.74) is 1.87. The molecule has 1 aliphatic heterocycles. The summed E-state index contributed by atoms with van der Waals surface area (Å²) in [6.45, 7) is 7.88. The average molecular weight is 268 g/mol. The Balaban J connectivity index is 2.12. The lowest BCUT2D eigenvalue weighted by Gasteiger charge is -2.32. The molecule has 0 amide bonds. The topological polar surface area (TPSA) is 24.1 Å². The highest BCUT2D eigenvalue weighted by atomic mass is 19.3. The molecule has 0 radical (unpaired) electrons. The summed E-state index contributed by atoms with van der Waals surface area (Å²) in [5, 5.41) is 6.09. The second-order valence-electron chi connectivity index (χ2n) is 6.21. The monoisotopic (exact) mass is 268 g/mol. The van der Waals surface area contributed by atoms with Crippen molar-refractivity contribution < 1.29 is 8.78 Å². The smallest absolute Gasteiger partial charge is 0.257 e. The van der Waals surface area contributed by atoms with Crippen molar-refractivity contribution in [1.82, 2.24) is 10.6 Å². The van der Waals surface area contributed by atoms with Gasteiger partial charge in [-0.2, -0.15) is 0 Å². The van der Waals surface area contributed by atoms with Crippen molar-refractivity contribution in [3.8, 4) is 0 Å². The lowest BCUT2D eigenvalue weighted by Crippen LogP contribution is -2.56. The number of rotatable bonds is 4. The first-order valence-electron chi connectivity index (χ1n) is 6.73. The molecule has 106 valence electrons. The van der Waals surface area contributed by atoms with Gasteiger partial charge in [0.1, 0.15) is 0 Å². The molecular weight excluding hydrogens is 246 g/mol. The van der Waals surface area contributed by atoms with Crippen LogP contribution in [0.4, 0.5) is 8.78 Å². The van der Waals surface area contributed by atoms with Gasteiger partial charge in [0.15, 0.2) is 0 Å². The Morgan fingerprint density at radius 1 is 1.16 bits per heavy atom. The van der Waals surface area contributed by atoms with Crippen molar-refractivity contribution in [2.45, 2.75) is 44.7 Å². The summed E-state index contributed by atoms with van der Waals surface area (Å²) in [6.07, 6.45) is -2.39. The Morgan fingerprint density at radius 2 is 1.74 bits per heavy atom. The minimum Gasteiger partial charge on any atom is -0.314 e. The quantitative estimate of drug-likeness (QED) is 0.877. The van der Waals surface area contributed by atoms with Crippen LogP contribution in [0, 0.1) is 0 Å². The number of alkyl halides is 2. The third-order valence-electron chi connectivity index (χ3n) is 3.58. The molecule has 19 heavy (non-hydrogen) atoms. The first-order valence-corrected chi connectivity index (χ1v) is 6.73. The summed E-state index contributed by atoms with van der Waals surface area (Å²) >= 11 is 0. The average Bonchev–Trinajstić information content (AvgIpc) is 2.26. The highest BCUT2D eigenvalue weighted by Gasteiger charge is 2.28. The third-order valence-corrected chi connectivity index (χ3v) is 3.58. The van der Waals surface area contributed by atoms with Crippen LogP contribution in [0.2, 0.25) is 0 Å². The van der Waals surface area contributed by atoms with Gasteiger partial charge in [0.25, 0.3) is 6.43 Å². The Kier molecular flexibility index (Phi) is 4.21. The van der Waals surface area contributed by atoms with E-state index in [0.717, 1.165) is 18.7 Å². The summed E-state index contributed by atoms with van der Waals surface area (Å²) in [4.78, 5) is 0. The van der Waals surface area contributed by atoms with Crippen molar-refractivity contribution >= 4 is 0 Å². The van der Waals surface area contributed by atoms with Gasteiger partial charge in [0.2, 0.25) is 0 Å². The minimum absolute atomic E-state index is 0.0458. The number of nitrogens with one attached hydrogen (secondary N) is 2. The second-order valence-corrected chi connectivity index (χ2v) is 6.21. The van der Waals surface area contributed by atoms with Gasteiger partial charge in [-0.05, 0) is 16.5 Å². The first-order chi connectivity index (χ1) is 8.88. The highest BCUT2D eigenvalue weighted by molar-refractivity contribution is 5.29. The fraction of sp³-hybridized carbons (Fsp3) is 0.600. The molecule has 1 aliphatic rings. The predicted octanol–water partition coefficient (Wildman–Crippen LogP) is 2.85. The molecule has 0 aliphatic carbocycles. The molecule has 1 saturated heterocycles. The number of halogens is 2. The summed E-state index contributed by atoms with van der Waals surface area (Å²) in [7, 11) is 0. The molecule has 0 aromatic heterocycles. The molecular formula is C15H22F2N2. The van der Waals surface area contributed by atoms with Crippen molar-refractivity contribution in [2.24, 2.45) is 0 Å². The van der Waals surface area contributed by atoms with E-state index >= 15 is 0 Å². The zero-order valence-corrected chi connectivity index (χ0v) is 11.7. The number of hydrogen-bond donors (Lipinski definition) is 2. The van der Waals surface area contributed by atoms with Crippen LogP contribution in [0.15, 0.2) is 24.3 Å². The molecule has 0 spiro atoms. The van der Waals surface area contributed by atoms with Crippen molar-refractivity contribution in [2.75, 3.05) is 13.1 Å². The van der Waals surface area contributed by atoms with Crippen LogP contribution in [0.25, 0.3) is 0 Å². The molecule has 1 aromatic carbocycles. The Morgan fingerprint density at radius 3 is 2.11 bits per heavy atom. The van der Waals surface area contributed by atoms with Gasteiger partial charge in [0, 0.05) is 19.1 Å². The van der Waals surface area contributed by atoms with Gasteiger partial charge in [0.05, 0.1) is 6.04 Å². The van der Waals surface area contributed by atoms with Crippen molar-refractivity contribution in [1.29, 1.82) is 0 Å². The van der Waals surface area contributed by atoms with Crippen LogP contribution >= 0.6 is 0 Å². The molecule has 4 heteroatoms. The van der Waals surface area contributed by atoms with Gasteiger partial charge in [-0.3, -0.25) is 5.32 Å². The second kappa shape index (κ2) is 5.55. The summed E-state index contributed by atoms with van der Waals surface area (Å²) in [5.74, 6) is 0. The third kappa shape index (κ3) is 3.51. The molecule has 1 aromatic rings. The normalized spacial score (nSPS) is 18.4. The maximum Gasteiger partial charge on any atom is 0.257 e. The molecule has 1 atom stereocenters. The Bertz CT molecular complexity index is 405. The molecule has 2 N–H and O–H groups in total. The van der Waals surface area contributed by atoms with Crippen LogP contribution in [-0.2, 0) is 5.41 Å². The SMILES string of the molecule is CC(C)(C)c1ccc(C(NC2CNC2)C(F)F)cc1. The van der Waals surface area contributed by atoms with E-state index in [1.165, 1.54) is 0 Å². The van der Waals surface area contributed by atoms with E-state index in [1.807, 2.05) is 24.3 Å². The minimum atomic E-state index is -2.39. The van der Waals surface area contributed by atoms with E-state index in [4.69, 9.17) is 0 Å². The van der Waals surface area contributed by atoms with E-state index in [1.54, 1.807) is 0 Å². The van der Waals surface area contributed by atoms with Crippen LogP contribution < -0.4 is 10.6 Å². The van der Waals surface area contributed by atoms with Crippen LogP contribution in [0.5, 0.6) is 0 Å². The summed E-state index contributed by atoms with van der Waals surface area (Å²) in [6, 6.07) is 6.81. The Hall–Kier alpha value is -1.00. The molecule has 1 heterocycles. The largest absolute Gasteiger partial charge is 0.314 e. The number of hydrogen-bond acceptors (Lipinski definition) is 2. The van der Waals surface area contributed by atoms with Gasteiger partial charge in [-0.1, -0.05) is 45.0 Å². The first kappa shape index (κ1) is 14.4.